The predicted molar refractivity (Wildman–Crippen MR) is 126 cm³/mol. The van der Waals surface area contributed by atoms with Gasteiger partial charge in [0.15, 0.2) is 0 Å². The van der Waals surface area contributed by atoms with E-state index in [-0.39, 0.29) is 17.0 Å². The third kappa shape index (κ3) is 18.5. The van der Waals surface area contributed by atoms with Crippen molar-refractivity contribution in [1.82, 2.24) is 0 Å². The van der Waals surface area contributed by atoms with Crippen molar-refractivity contribution in [2.75, 3.05) is 26.2 Å². The SMILES string of the molecule is CCCCCCCCCCCCCCCCCCCC[N+](CC)(CC)CC.[Br-]. The maximum absolute atomic E-state index is 2.36. The summed E-state index contributed by atoms with van der Waals surface area (Å²) in [4.78, 5) is 0. The first kappa shape index (κ1) is 30.6. The Balaban J connectivity index is 0. The molecule has 0 bridgehead atoms. The van der Waals surface area contributed by atoms with Crippen LogP contribution in [0.1, 0.15) is 143 Å². The van der Waals surface area contributed by atoms with Gasteiger partial charge < -0.3 is 21.5 Å². The van der Waals surface area contributed by atoms with Gasteiger partial charge in [-0.25, -0.2) is 0 Å². The molecule has 0 rings (SSSR count). The highest BCUT2D eigenvalue weighted by Crippen LogP contribution is 2.15. The van der Waals surface area contributed by atoms with Crippen molar-refractivity contribution >= 4 is 0 Å². The van der Waals surface area contributed by atoms with Crippen LogP contribution in [0.2, 0.25) is 0 Å². The molecule has 0 aromatic carbocycles. The minimum Gasteiger partial charge on any atom is -1.00 e. The highest BCUT2D eigenvalue weighted by atomic mass is 79.9. The van der Waals surface area contributed by atoms with Crippen molar-refractivity contribution in [3.8, 4) is 0 Å². The van der Waals surface area contributed by atoms with E-state index in [9.17, 15) is 0 Å². The van der Waals surface area contributed by atoms with Crippen LogP contribution in [-0.2, 0) is 0 Å². The Hall–Kier alpha value is 0.440. The Morgan fingerprint density at radius 2 is 0.607 bits per heavy atom. The van der Waals surface area contributed by atoms with Gasteiger partial charge in [0, 0.05) is 0 Å². The molecule has 0 N–H and O–H groups in total. The lowest BCUT2D eigenvalue weighted by Gasteiger charge is -2.35. The Morgan fingerprint density at radius 3 is 0.857 bits per heavy atom. The lowest BCUT2D eigenvalue weighted by Crippen LogP contribution is -3.00. The van der Waals surface area contributed by atoms with Gasteiger partial charge in [0.2, 0.25) is 0 Å². The molecule has 0 aromatic heterocycles. The first-order valence-electron chi connectivity index (χ1n) is 13.1. The Kier molecular flexibility index (Phi) is 25.9. The third-order valence-corrected chi connectivity index (χ3v) is 7.00. The molecule has 0 aromatic rings. The summed E-state index contributed by atoms with van der Waals surface area (Å²) in [6.45, 7) is 14.7. The molecule has 0 radical (unpaired) electrons. The molecule has 0 fully saturated rings. The van der Waals surface area contributed by atoms with Gasteiger partial charge in [-0.2, -0.15) is 0 Å². The van der Waals surface area contributed by atoms with E-state index < -0.39 is 0 Å². The van der Waals surface area contributed by atoms with Crippen LogP contribution in [0.25, 0.3) is 0 Å². The van der Waals surface area contributed by atoms with Crippen LogP contribution in [-0.4, -0.2) is 30.7 Å². The molecule has 0 saturated heterocycles. The van der Waals surface area contributed by atoms with Gasteiger partial charge >= 0.3 is 0 Å². The third-order valence-electron chi connectivity index (χ3n) is 7.00. The normalized spacial score (nSPS) is 11.6. The maximum Gasteiger partial charge on any atom is 0.0786 e. The largest absolute Gasteiger partial charge is 1.00 e. The van der Waals surface area contributed by atoms with Gasteiger partial charge in [-0.15, -0.1) is 0 Å². The fourth-order valence-electron chi connectivity index (χ4n) is 4.49. The van der Waals surface area contributed by atoms with Crippen molar-refractivity contribution in [1.29, 1.82) is 0 Å². The molecule has 1 nitrogen and oxygen atoms in total. The molecule has 0 aliphatic rings. The average Bonchev–Trinajstić information content (AvgIpc) is 2.70. The number of hydrogen-bond acceptors (Lipinski definition) is 0. The zero-order chi connectivity index (χ0) is 20.1. The number of hydrogen-bond donors (Lipinski definition) is 0. The van der Waals surface area contributed by atoms with E-state index >= 15 is 0 Å². The van der Waals surface area contributed by atoms with Crippen LogP contribution < -0.4 is 17.0 Å². The zero-order valence-corrected chi connectivity index (χ0v) is 22.0. The van der Waals surface area contributed by atoms with Gasteiger partial charge in [0.05, 0.1) is 26.2 Å². The Labute approximate surface area is 190 Å². The second-order valence-corrected chi connectivity index (χ2v) is 9.02. The van der Waals surface area contributed by atoms with Gasteiger partial charge in [0.1, 0.15) is 0 Å². The number of nitrogens with zero attached hydrogens (tertiary/aromatic N) is 1. The van der Waals surface area contributed by atoms with Crippen LogP contribution in [0, 0.1) is 0 Å². The van der Waals surface area contributed by atoms with E-state index in [1.54, 1.807) is 0 Å². The molecular formula is C26H56BrN. The molecule has 172 valence electrons. The van der Waals surface area contributed by atoms with Crippen LogP contribution in [0.5, 0.6) is 0 Å². The van der Waals surface area contributed by atoms with Gasteiger partial charge in [-0.3, -0.25) is 0 Å². The first-order valence-corrected chi connectivity index (χ1v) is 13.1. The molecule has 0 saturated carbocycles. The van der Waals surface area contributed by atoms with Crippen LogP contribution in [0.3, 0.4) is 0 Å². The summed E-state index contributed by atoms with van der Waals surface area (Å²) in [5.41, 5.74) is 0. The van der Waals surface area contributed by atoms with Gasteiger partial charge in [-0.1, -0.05) is 110 Å². The second kappa shape index (κ2) is 23.7. The van der Waals surface area contributed by atoms with E-state index in [4.69, 9.17) is 0 Å². The minimum absolute atomic E-state index is 0. The minimum atomic E-state index is 0. The fraction of sp³-hybridized carbons (Fsp3) is 1.00. The zero-order valence-electron chi connectivity index (χ0n) is 20.4. The standard InChI is InChI=1S/C26H56N.BrH/c1-5-9-10-11-12-13-14-15-16-17-18-19-20-21-22-23-24-25-26-27(6-2,7-3)8-4;/h5-26H2,1-4H3;1H/q+1;/p-1. The smallest absolute Gasteiger partial charge is 0.0786 e. The molecule has 0 heterocycles. The van der Waals surface area contributed by atoms with Gasteiger partial charge in [-0.05, 0) is 33.6 Å². The molecule has 28 heavy (non-hydrogen) atoms. The molecule has 0 unspecified atom stereocenters. The predicted octanol–water partition coefficient (Wildman–Crippen LogP) is 5.91. The summed E-state index contributed by atoms with van der Waals surface area (Å²) in [7, 11) is 0. The van der Waals surface area contributed by atoms with Crippen LogP contribution in [0.15, 0.2) is 0 Å². The Bertz CT molecular complexity index is 267. The van der Waals surface area contributed by atoms with E-state index in [2.05, 4.69) is 27.7 Å². The lowest BCUT2D eigenvalue weighted by atomic mass is 10.0. The van der Waals surface area contributed by atoms with Crippen molar-refractivity contribution in [2.24, 2.45) is 0 Å². The molecule has 2 heteroatoms. The van der Waals surface area contributed by atoms with E-state index in [1.165, 1.54) is 146 Å². The van der Waals surface area contributed by atoms with E-state index in [1.807, 2.05) is 0 Å². The van der Waals surface area contributed by atoms with E-state index in [0.29, 0.717) is 0 Å². The Morgan fingerprint density at radius 1 is 0.357 bits per heavy atom. The first-order chi connectivity index (χ1) is 13.2. The number of unbranched alkanes of at least 4 members (excludes halogenated alkanes) is 17. The molecule has 0 aliphatic heterocycles. The monoisotopic (exact) mass is 461 g/mol. The topological polar surface area (TPSA) is 0 Å². The molecule has 0 aliphatic carbocycles. The molecular weight excluding hydrogens is 406 g/mol. The van der Waals surface area contributed by atoms with Crippen molar-refractivity contribution < 1.29 is 21.5 Å². The summed E-state index contributed by atoms with van der Waals surface area (Å²) >= 11 is 0. The summed E-state index contributed by atoms with van der Waals surface area (Å²) in [5, 5.41) is 0. The molecule has 0 amide bonds. The van der Waals surface area contributed by atoms with E-state index in [0.717, 1.165) is 0 Å². The number of quaternary nitrogens is 1. The number of halogens is 1. The fourth-order valence-corrected chi connectivity index (χ4v) is 4.49. The summed E-state index contributed by atoms with van der Waals surface area (Å²) in [5.74, 6) is 0. The quantitative estimate of drug-likeness (QED) is 0.139. The summed E-state index contributed by atoms with van der Waals surface area (Å²) in [6, 6.07) is 0. The van der Waals surface area contributed by atoms with Gasteiger partial charge in [0.25, 0.3) is 0 Å². The highest BCUT2D eigenvalue weighted by molar-refractivity contribution is 4.51. The maximum atomic E-state index is 2.36. The second-order valence-electron chi connectivity index (χ2n) is 9.02. The van der Waals surface area contributed by atoms with Crippen molar-refractivity contribution in [3.63, 3.8) is 0 Å². The summed E-state index contributed by atoms with van der Waals surface area (Å²) < 4.78 is 1.33. The number of rotatable bonds is 22. The van der Waals surface area contributed by atoms with Crippen molar-refractivity contribution in [3.05, 3.63) is 0 Å². The summed E-state index contributed by atoms with van der Waals surface area (Å²) in [6.07, 6.45) is 26.4. The average molecular weight is 463 g/mol. The van der Waals surface area contributed by atoms with Crippen LogP contribution >= 0.6 is 0 Å². The van der Waals surface area contributed by atoms with Crippen LogP contribution in [0.4, 0.5) is 0 Å². The molecule has 0 spiro atoms. The lowest BCUT2D eigenvalue weighted by molar-refractivity contribution is -0.923. The van der Waals surface area contributed by atoms with Crippen molar-refractivity contribution in [2.45, 2.75) is 143 Å². The highest BCUT2D eigenvalue weighted by Gasteiger charge is 2.19. The molecule has 0 atom stereocenters.